The van der Waals surface area contributed by atoms with E-state index >= 15 is 0 Å². The van der Waals surface area contributed by atoms with E-state index in [1.165, 1.54) is 35.6 Å². The average Bonchev–Trinajstić information content (AvgIpc) is 3.01. The van der Waals surface area contributed by atoms with Crippen molar-refractivity contribution in [2.75, 3.05) is 6.61 Å². The van der Waals surface area contributed by atoms with Gasteiger partial charge in [0.1, 0.15) is 0 Å². The van der Waals surface area contributed by atoms with Crippen molar-refractivity contribution >= 4 is 73.8 Å². The molecule has 21 heavy (non-hydrogen) atoms. The van der Waals surface area contributed by atoms with E-state index in [0.29, 0.717) is 31.9 Å². The fourth-order valence-electron chi connectivity index (χ4n) is 2.13. The predicted molar refractivity (Wildman–Crippen MR) is 97.8 cm³/mol. The summed E-state index contributed by atoms with van der Waals surface area (Å²) in [6, 6.07) is 1.95. The Bertz CT molecular complexity index is 586. The number of ether oxygens (including phenoxy) is 1. The third-order valence-electron chi connectivity index (χ3n) is 3.50. The van der Waals surface area contributed by atoms with Crippen molar-refractivity contribution in [3.8, 4) is 0 Å². The van der Waals surface area contributed by atoms with Crippen LogP contribution in [0.4, 0.5) is 0 Å². The molecule has 6 heteroatoms. The monoisotopic (exact) mass is 500 g/mol. The molecule has 0 aliphatic rings. The number of esters is 1. The molecule has 0 aliphatic heterocycles. The molecule has 2 aromatic rings. The number of halogens is 2. The Balaban J connectivity index is 2.00. The third kappa shape index (κ3) is 4.44. The Morgan fingerprint density at radius 3 is 2.76 bits per heavy atom. The summed E-state index contributed by atoms with van der Waals surface area (Å²) in [7, 11) is 0. The maximum atomic E-state index is 12.2. The maximum absolute atomic E-state index is 12.2. The van der Waals surface area contributed by atoms with Crippen LogP contribution < -0.4 is 0 Å². The second-order valence-electron chi connectivity index (χ2n) is 5.02. The van der Waals surface area contributed by atoms with Gasteiger partial charge in [0.05, 0.1) is 0 Å². The molecule has 1 unspecified atom stereocenters. The molecule has 0 amide bonds. The second kappa shape index (κ2) is 8.30. The van der Waals surface area contributed by atoms with Crippen LogP contribution in [0.2, 0.25) is 0 Å². The van der Waals surface area contributed by atoms with Crippen LogP contribution in [0.5, 0.6) is 0 Å². The van der Waals surface area contributed by atoms with Gasteiger partial charge in [-0.3, -0.25) is 0 Å². The van der Waals surface area contributed by atoms with Crippen LogP contribution >= 0.6 is 43.2 Å². The Labute approximate surface area is 152 Å². The molecule has 2 rings (SSSR count). The van der Waals surface area contributed by atoms with Gasteiger partial charge in [-0.05, 0) is 0 Å². The van der Waals surface area contributed by atoms with E-state index < -0.39 is 0 Å². The van der Waals surface area contributed by atoms with Crippen molar-refractivity contribution in [3.63, 3.8) is 0 Å². The molecular formula is C15H18Br2O2SSe. The van der Waals surface area contributed by atoms with Crippen molar-refractivity contribution in [2.24, 2.45) is 5.92 Å². The van der Waals surface area contributed by atoms with E-state index in [0.717, 1.165) is 18.2 Å². The molecule has 0 fully saturated rings. The summed E-state index contributed by atoms with van der Waals surface area (Å²) in [5, 5.41) is 1.15. The topological polar surface area (TPSA) is 26.3 Å². The fraction of sp³-hybridized carbons (Fsp3) is 0.533. The molecule has 0 spiro atoms. The molecule has 1 atom stereocenters. The Kier molecular flexibility index (Phi) is 7.01. The van der Waals surface area contributed by atoms with Crippen molar-refractivity contribution in [1.29, 1.82) is 0 Å². The van der Waals surface area contributed by atoms with Gasteiger partial charge < -0.3 is 0 Å². The van der Waals surface area contributed by atoms with Gasteiger partial charge in [-0.1, -0.05) is 0 Å². The minimum absolute atomic E-state index is 0.183. The molecule has 2 nitrogen and oxygen atoms in total. The van der Waals surface area contributed by atoms with Gasteiger partial charge in [0.15, 0.2) is 0 Å². The number of fused-ring (bicyclic) bond motifs is 1. The van der Waals surface area contributed by atoms with Gasteiger partial charge in [-0.25, -0.2) is 0 Å². The van der Waals surface area contributed by atoms with Gasteiger partial charge >= 0.3 is 153 Å². The molecule has 0 aliphatic carbocycles. The van der Waals surface area contributed by atoms with E-state index in [1.807, 2.05) is 6.07 Å². The first-order valence-corrected chi connectivity index (χ1v) is 11.2. The molecule has 0 aromatic carbocycles. The third-order valence-corrected chi connectivity index (χ3v) is 9.33. The molecule has 2 aromatic heterocycles. The first kappa shape index (κ1) is 17.7. The second-order valence-corrected chi connectivity index (χ2v) is 12.2. The van der Waals surface area contributed by atoms with E-state index in [4.69, 9.17) is 4.74 Å². The van der Waals surface area contributed by atoms with Crippen LogP contribution in [0.3, 0.4) is 0 Å². The quantitative estimate of drug-likeness (QED) is 0.351. The van der Waals surface area contributed by atoms with Crippen LogP contribution in [0.15, 0.2) is 12.8 Å². The van der Waals surface area contributed by atoms with Crippen LogP contribution in [0.25, 0.3) is 10.1 Å². The van der Waals surface area contributed by atoms with Crippen molar-refractivity contribution in [1.82, 2.24) is 0 Å². The zero-order valence-corrected chi connectivity index (χ0v) is 17.8. The van der Waals surface area contributed by atoms with Crippen molar-refractivity contribution in [2.45, 2.75) is 39.5 Å². The summed E-state index contributed by atoms with van der Waals surface area (Å²) in [5.74, 6) is 0.304. The molecular weight excluding hydrogens is 483 g/mol. The van der Waals surface area contributed by atoms with Gasteiger partial charge in [0.2, 0.25) is 0 Å². The van der Waals surface area contributed by atoms with E-state index in [-0.39, 0.29) is 5.97 Å². The molecule has 2 heterocycles. The summed E-state index contributed by atoms with van der Waals surface area (Å²) in [4.78, 5) is 12.9. The number of unbranched alkanes of at least 4 members (excludes halogenated alkanes) is 1. The fourth-order valence-corrected chi connectivity index (χ4v) is 8.68. The van der Waals surface area contributed by atoms with Gasteiger partial charge in [0.25, 0.3) is 0 Å². The number of carbonyl (C=O) groups is 1. The van der Waals surface area contributed by atoms with E-state index in [1.54, 1.807) is 0 Å². The van der Waals surface area contributed by atoms with E-state index in [9.17, 15) is 4.79 Å². The van der Waals surface area contributed by atoms with Crippen molar-refractivity contribution in [3.05, 3.63) is 17.6 Å². The summed E-state index contributed by atoms with van der Waals surface area (Å²) < 4.78 is 9.09. The summed E-state index contributed by atoms with van der Waals surface area (Å²) in [6.07, 6.45) is 4.60. The van der Waals surface area contributed by atoms with Crippen molar-refractivity contribution < 1.29 is 9.53 Å². The molecule has 0 saturated carbocycles. The Morgan fingerprint density at radius 1 is 1.38 bits per heavy atom. The number of hydrogen-bond donors (Lipinski definition) is 0. The van der Waals surface area contributed by atoms with Crippen LogP contribution in [0.1, 0.15) is 49.2 Å². The summed E-state index contributed by atoms with van der Waals surface area (Å²) in [6.45, 7) is 4.89. The number of thiophene rings is 1. The predicted octanol–water partition coefficient (Wildman–Crippen LogP) is 5.86. The first-order valence-electron chi connectivity index (χ1n) is 7.11. The Morgan fingerprint density at radius 2 is 2.14 bits per heavy atom. The normalized spacial score (nSPS) is 12.8. The SMILES string of the molecule is CCCCC(CC)COC(=O)c1cc2c(Br)[se]c(Br)c2s1. The first-order chi connectivity index (χ1) is 10.1. The number of rotatable bonds is 7. The molecule has 0 radical (unpaired) electrons. The zero-order chi connectivity index (χ0) is 15.4. The number of hydrogen-bond acceptors (Lipinski definition) is 3. The average molecular weight is 501 g/mol. The number of carbonyl (C=O) groups excluding carboxylic acids is 1. The van der Waals surface area contributed by atoms with E-state index in [2.05, 4.69) is 45.7 Å². The zero-order valence-electron chi connectivity index (χ0n) is 12.1. The summed E-state index contributed by atoms with van der Waals surface area (Å²) in [5.41, 5.74) is 0. The minimum atomic E-state index is -0.183. The summed E-state index contributed by atoms with van der Waals surface area (Å²) >= 11 is 9.03. The molecule has 0 bridgehead atoms. The van der Waals surface area contributed by atoms with Gasteiger partial charge in [-0.2, -0.15) is 0 Å². The Hall–Kier alpha value is 0.389. The molecule has 0 saturated heterocycles. The van der Waals surface area contributed by atoms with Gasteiger partial charge in [0, 0.05) is 0 Å². The molecule has 0 N–H and O–H groups in total. The van der Waals surface area contributed by atoms with Crippen LogP contribution in [-0.2, 0) is 4.74 Å². The molecule has 116 valence electrons. The van der Waals surface area contributed by atoms with Crippen LogP contribution in [-0.4, -0.2) is 27.1 Å². The van der Waals surface area contributed by atoms with Crippen LogP contribution in [0, 0.1) is 5.92 Å². The van der Waals surface area contributed by atoms with Gasteiger partial charge in [-0.15, -0.1) is 0 Å². The standard InChI is InChI=1S/C15H18Br2O2SSe/c1-3-5-6-9(4-2)8-19-15(18)11-7-10-12(20-11)14(17)21-13(10)16/h7,9H,3-6,8H2,1-2H3.